The number of hydrazone groups is 1. The van der Waals surface area contributed by atoms with Crippen molar-refractivity contribution in [2.75, 3.05) is 5.43 Å². The van der Waals surface area contributed by atoms with Gasteiger partial charge in [0.05, 0.1) is 17.5 Å². The lowest BCUT2D eigenvalue weighted by atomic mass is 10.1. The molecule has 0 aliphatic heterocycles. The number of fused-ring (bicyclic) bond motifs is 1. The molecular weight excluding hydrogens is 494 g/mol. The Kier molecular flexibility index (Phi) is 5.20. The largest absolute Gasteiger partial charge is 0.422 e. The second-order valence-electron chi connectivity index (χ2n) is 5.59. The van der Waals surface area contributed by atoms with Crippen LogP contribution in [-0.2, 0) is 0 Å². The van der Waals surface area contributed by atoms with Crippen molar-refractivity contribution in [1.29, 1.82) is 0 Å². The molecule has 8 heteroatoms. The number of aromatic nitrogens is 1. The van der Waals surface area contributed by atoms with Crippen LogP contribution in [0.1, 0.15) is 5.56 Å². The van der Waals surface area contributed by atoms with E-state index < -0.39 is 5.63 Å². The van der Waals surface area contributed by atoms with E-state index in [0.29, 0.717) is 22.0 Å². The second-order valence-corrected chi connectivity index (χ2v) is 8.28. The van der Waals surface area contributed by atoms with Gasteiger partial charge in [-0.1, -0.05) is 44.0 Å². The maximum absolute atomic E-state index is 12.3. The molecule has 5 nitrogen and oxygen atoms in total. The minimum atomic E-state index is -0.417. The Morgan fingerprint density at radius 1 is 1.07 bits per heavy atom. The molecule has 0 atom stereocenters. The van der Waals surface area contributed by atoms with Gasteiger partial charge in [0.15, 0.2) is 0 Å². The van der Waals surface area contributed by atoms with Gasteiger partial charge in [0, 0.05) is 19.7 Å². The third-order valence-corrected chi connectivity index (χ3v) is 5.49. The summed E-state index contributed by atoms with van der Waals surface area (Å²) in [6.07, 6.45) is 1.70. The highest BCUT2D eigenvalue weighted by Gasteiger charge is 2.11. The van der Waals surface area contributed by atoms with E-state index in [9.17, 15) is 4.79 Å². The van der Waals surface area contributed by atoms with Gasteiger partial charge in [-0.15, -0.1) is 11.3 Å². The minimum absolute atomic E-state index is 0.417. The number of nitrogens with zero attached hydrogens (tertiary/aromatic N) is 2. The van der Waals surface area contributed by atoms with Crippen LogP contribution < -0.4 is 11.1 Å². The quantitative estimate of drug-likeness (QED) is 0.214. The smallest absolute Gasteiger partial charge is 0.345 e. The summed E-state index contributed by atoms with van der Waals surface area (Å²) in [7, 11) is 0. The van der Waals surface area contributed by atoms with Gasteiger partial charge < -0.3 is 4.42 Å². The van der Waals surface area contributed by atoms with Gasteiger partial charge in [0.1, 0.15) is 5.58 Å². The van der Waals surface area contributed by atoms with Gasteiger partial charge in [-0.25, -0.2) is 9.78 Å². The monoisotopic (exact) mass is 503 g/mol. The Labute approximate surface area is 175 Å². The third kappa shape index (κ3) is 4.18. The van der Waals surface area contributed by atoms with Gasteiger partial charge in [0.2, 0.25) is 5.13 Å². The average Bonchev–Trinajstić information content (AvgIpc) is 3.12. The van der Waals surface area contributed by atoms with Crippen LogP contribution in [0, 0.1) is 0 Å². The first-order valence-corrected chi connectivity index (χ1v) is 10.3. The molecule has 0 aliphatic rings. The molecule has 0 aliphatic carbocycles. The summed E-state index contributed by atoms with van der Waals surface area (Å²) in [5.74, 6) is 0. The fraction of sp³-hybridized carbons (Fsp3) is 0. The molecule has 4 rings (SSSR count). The van der Waals surface area contributed by atoms with E-state index in [1.807, 2.05) is 36.4 Å². The van der Waals surface area contributed by atoms with E-state index in [0.717, 1.165) is 19.9 Å². The van der Waals surface area contributed by atoms with E-state index in [1.165, 1.54) is 11.3 Å². The maximum Gasteiger partial charge on any atom is 0.345 e. The Balaban J connectivity index is 1.57. The van der Waals surface area contributed by atoms with Crippen LogP contribution in [0.4, 0.5) is 5.13 Å². The van der Waals surface area contributed by atoms with Crippen LogP contribution in [0.3, 0.4) is 0 Å². The first-order valence-electron chi connectivity index (χ1n) is 7.82. The van der Waals surface area contributed by atoms with E-state index in [-0.39, 0.29) is 0 Å². The number of halogens is 2. The van der Waals surface area contributed by atoms with Crippen LogP contribution in [0.2, 0.25) is 0 Å². The van der Waals surface area contributed by atoms with Crippen LogP contribution in [-0.4, -0.2) is 11.2 Å². The Morgan fingerprint density at radius 3 is 2.67 bits per heavy atom. The van der Waals surface area contributed by atoms with Crippen molar-refractivity contribution in [3.05, 3.63) is 78.8 Å². The minimum Gasteiger partial charge on any atom is -0.422 e. The van der Waals surface area contributed by atoms with Crippen LogP contribution in [0.5, 0.6) is 0 Å². The highest BCUT2D eigenvalue weighted by molar-refractivity contribution is 9.10. The van der Waals surface area contributed by atoms with Crippen LogP contribution in [0.25, 0.3) is 22.2 Å². The van der Waals surface area contributed by atoms with Crippen molar-refractivity contribution >= 4 is 65.5 Å². The number of nitrogens with one attached hydrogen (secondary N) is 1. The van der Waals surface area contributed by atoms with Crippen molar-refractivity contribution in [3.63, 3.8) is 0 Å². The molecule has 134 valence electrons. The number of benzene rings is 2. The lowest BCUT2D eigenvalue weighted by Crippen LogP contribution is -2.03. The molecule has 1 N–H and O–H groups in total. The molecule has 0 unspecified atom stereocenters. The lowest BCUT2D eigenvalue weighted by Gasteiger charge is -2.00. The standard InChI is InChI=1S/C19H11Br2N3O2S/c20-13-3-1-11(2-4-13)9-22-24-19-23-16(10-27-19)15-8-12-7-14(21)5-6-17(12)26-18(15)25/h1-10H,(H,23,24)/b22-9-. The highest BCUT2D eigenvalue weighted by Crippen LogP contribution is 2.26. The molecule has 2 aromatic carbocycles. The number of hydrogen-bond acceptors (Lipinski definition) is 6. The molecule has 4 aromatic rings. The van der Waals surface area contributed by atoms with E-state index in [4.69, 9.17) is 4.42 Å². The summed E-state index contributed by atoms with van der Waals surface area (Å²) in [6.45, 7) is 0. The SMILES string of the molecule is O=c1oc2ccc(Br)cc2cc1-c1csc(N/N=C\c2ccc(Br)cc2)n1. The van der Waals surface area contributed by atoms with Crippen molar-refractivity contribution in [1.82, 2.24) is 4.98 Å². The summed E-state index contributed by atoms with van der Waals surface area (Å²) >= 11 is 8.19. The van der Waals surface area contributed by atoms with Gasteiger partial charge in [-0.2, -0.15) is 5.10 Å². The number of thiazole rings is 1. The first-order chi connectivity index (χ1) is 13.1. The molecule has 0 fully saturated rings. The van der Waals surface area contributed by atoms with Gasteiger partial charge in [0.25, 0.3) is 0 Å². The van der Waals surface area contributed by atoms with Crippen LogP contribution in [0.15, 0.2) is 77.2 Å². The molecule has 0 radical (unpaired) electrons. The number of rotatable bonds is 4. The maximum atomic E-state index is 12.3. The summed E-state index contributed by atoms with van der Waals surface area (Å²) in [6, 6.07) is 15.1. The summed E-state index contributed by atoms with van der Waals surface area (Å²) in [5, 5.41) is 7.40. The van der Waals surface area contributed by atoms with E-state index in [2.05, 4.69) is 47.4 Å². The zero-order valence-electron chi connectivity index (χ0n) is 13.6. The summed E-state index contributed by atoms with van der Waals surface area (Å²) < 4.78 is 7.32. The third-order valence-electron chi connectivity index (χ3n) is 3.72. The van der Waals surface area contributed by atoms with Crippen molar-refractivity contribution in [2.24, 2.45) is 5.10 Å². The highest BCUT2D eigenvalue weighted by atomic mass is 79.9. The molecule has 0 saturated heterocycles. The van der Waals surface area contributed by atoms with Crippen molar-refractivity contribution in [2.45, 2.75) is 0 Å². The zero-order chi connectivity index (χ0) is 18.8. The molecule has 27 heavy (non-hydrogen) atoms. The summed E-state index contributed by atoms with van der Waals surface area (Å²) in [5.41, 5.74) is 4.95. The first kappa shape index (κ1) is 18.1. The second kappa shape index (κ2) is 7.75. The van der Waals surface area contributed by atoms with Gasteiger partial charge in [-0.3, -0.25) is 5.43 Å². The Morgan fingerprint density at radius 2 is 1.85 bits per heavy atom. The predicted octanol–water partition coefficient (Wildman–Crippen LogP) is 5.89. The topological polar surface area (TPSA) is 67.5 Å². The fourth-order valence-corrected chi connectivity index (χ4v) is 3.74. The normalized spacial score (nSPS) is 11.3. The number of anilines is 1. The van der Waals surface area contributed by atoms with Crippen molar-refractivity contribution < 1.29 is 4.42 Å². The van der Waals surface area contributed by atoms with Gasteiger partial charge >= 0.3 is 5.63 Å². The summed E-state index contributed by atoms with van der Waals surface area (Å²) in [4.78, 5) is 16.7. The Bertz CT molecular complexity index is 1200. The van der Waals surface area contributed by atoms with Gasteiger partial charge in [-0.05, 0) is 42.0 Å². The van der Waals surface area contributed by atoms with E-state index >= 15 is 0 Å². The van der Waals surface area contributed by atoms with E-state index in [1.54, 1.807) is 23.7 Å². The fourth-order valence-electron chi connectivity index (χ4n) is 2.43. The Hall–Kier alpha value is -2.29. The molecule has 0 spiro atoms. The number of hydrogen-bond donors (Lipinski definition) is 1. The lowest BCUT2D eigenvalue weighted by molar-refractivity contribution is 0.563. The molecule has 2 aromatic heterocycles. The zero-order valence-corrected chi connectivity index (χ0v) is 17.6. The molecule has 0 amide bonds. The average molecular weight is 505 g/mol. The molecule has 0 bridgehead atoms. The molecule has 0 saturated carbocycles. The van der Waals surface area contributed by atoms with Crippen molar-refractivity contribution in [3.8, 4) is 11.3 Å². The molecular formula is C19H11Br2N3O2S. The predicted molar refractivity (Wildman–Crippen MR) is 117 cm³/mol. The molecule has 2 heterocycles. The van der Waals surface area contributed by atoms with Crippen LogP contribution >= 0.6 is 43.2 Å².